The van der Waals surface area contributed by atoms with Gasteiger partial charge in [0.25, 0.3) is 5.91 Å². The molecular formula is C21H14ClFN4O. The van der Waals surface area contributed by atoms with Gasteiger partial charge in [0.1, 0.15) is 5.82 Å². The van der Waals surface area contributed by atoms with E-state index in [-0.39, 0.29) is 5.91 Å². The Labute approximate surface area is 165 Å². The van der Waals surface area contributed by atoms with Crippen molar-refractivity contribution in [2.75, 3.05) is 5.32 Å². The summed E-state index contributed by atoms with van der Waals surface area (Å²) in [6.07, 6.45) is 1.66. The highest BCUT2D eigenvalue weighted by atomic mass is 35.5. The largest absolute Gasteiger partial charge is 0.322 e. The van der Waals surface area contributed by atoms with Crippen LogP contribution in [0.3, 0.4) is 0 Å². The summed E-state index contributed by atoms with van der Waals surface area (Å²) in [5, 5.41) is 11.4. The molecule has 1 N–H and O–H groups in total. The topological polar surface area (TPSA) is 59.8 Å². The van der Waals surface area contributed by atoms with Crippen LogP contribution in [-0.2, 0) is 0 Å². The Morgan fingerprint density at radius 3 is 2.46 bits per heavy atom. The van der Waals surface area contributed by atoms with E-state index in [1.54, 1.807) is 53.3 Å². The average molecular weight is 393 g/mol. The van der Waals surface area contributed by atoms with E-state index < -0.39 is 5.82 Å². The van der Waals surface area contributed by atoms with Crippen LogP contribution in [0.5, 0.6) is 0 Å². The van der Waals surface area contributed by atoms with Crippen LogP contribution in [0.15, 0.2) is 79.0 Å². The maximum absolute atomic E-state index is 13.3. The molecule has 4 rings (SSSR count). The molecule has 1 aromatic heterocycles. The van der Waals surface area contributed by atoms with E-state index in [1.807, 2.05) is 12.1 Å². The normalized spacial score (nSPS) is 10.6. The number of anilines is 1. The van der Waals surface area contributed by atoms with Gasteiger partial charge < -0.3 is 5.32 Å². The summed E-state index contributed by atoms with van der Waals surface area (Å²) in [6, 6.07) is 20.0. The van der Waals surface area contributed by atoms with Crippen molar-refractivity contribution in [2.24, 2.45) is 0 Å². The van der Waals surface area contributed by atoms with E-state index in [1.165, 1.54) is 18.2 Å². The van der Waals surface area contributed by atoms with Crippen molar-refractivity contribution in [1.29, 1.82) is 0 Å². The molecule has 0 aliphatic rings. The highest BCUT2D eigenvalue weighted by Crippen LogP contribution is 2.23. The minimum Gasteiger partial charge on any atom is -0.322 e. The number of carbonyl (C=O) groups excluding carboxylic acids is 1. The van der Waals surface area contributed by atoms with E-state index in [0.717, 1.165) is 16.9 Å². The summed E-state index contributed by atoms with van der Waals surface area (Å²) in [7, 11) is 0. The van der Waals surface area contributed by atoms with Crippen LogP contribution in [0.1, 0.15) is 10.4 Å². The zero-order valence-electron chi connectivity index (χ0n) is 14.5. The quantitative estimate of drug-likeness (QED) is 0.533. The van der Waals surface area contributed by atoms with Crippen molar-refractivity contribution in [1.82, 2.24) is 15.0 Å². The first-order valence-corrected chi connectivity index (χ1v) is 8.82. The molecule has 4 aromatic rings. The summed E-state index contributed by atoms with van der Waals surface area (Å²) < 4.78 is 14.9. The fourth-order valence-corrected chi connectivity index (χ4v) is 2.89. The summed E-state index contributed by atoms with van der Waals surface area (Å²) in [5.74, 6) is -0.734. The molecule has 0 fully saturated rings. The van der Waals surface area contributed by atoms with Crippen LogP contribution < -0.4 is 5.32 Å². The molecule has 0 spiro atoms. The van der Waals surface area contributed by atoms with Gasteiger partial charge in [0.15, 0.2) is 0 Å². The van der Waals surface area contributed by atoms with Crippen molar-refractivity contribution in [3.05, 3.63) is 95.4 Å². The zero-order chi connectivity index (χ0) is 19.5. The molecule has 0 saturated carbocycles. The maximum Gasteiger partial charge on any atom is 0.255 e. The molecule has 0 bridgehead atoms. The molecule has 0 radical (unpaired) electrons. The van der Waals surface area contributed by atoms with Gasteiger partial charge in [-0.1, -0.05) is 35.0 Å². The average Bonchev–Trinajstić information content (AvgIpc) is 3.18. The molecule has 1 amide bonds. The van der Waals surface area contributed by atoms with Crippen LogP contribution >= 0.6 is 11.6 Å². The van der Waals surface area contributed by atoms with Crippen molar-refractivity contribution in [3.63, 3.8) is 0 Å². The predicted molar refractivity (Wildman–Crippen MR) is 106 cm³/mol. The Morgan fingerprint density at radius 2 is 1.75 bits per heavy atom. The standard InChI is InChI=1S/C21H14ClFN4O/c22-16-8-4-14(5-9-16)20-13-24-26-27(20)19-10-6-15(7-11-19)21(28)25-18-3-1-2-17(23)12-18/h1-13H,(H,25,28). The predicted octanol–water partition coefficient (Wildman–Crippen LogP) is 4.98. The lowest BCUT2D eigenvalue weighted by Crippen LogP contribution is -2.12. The zero-order valence-corrected chi connectivity index (χ0v) is 15.3. The molecule has 138 valence electrons. The minimum atomic E-state index is -0.408. The van der Waals surface area contributed by atoms with Crippen molar-refractivity contribution >= 4 is 23.2 Å². The van der Waals surface area contributed by atoms with Crippen LogP contribution in [-0.4, -0.2) is 20.9 Å². The molecule has 0 aliphatic heterocycles. The lowest BCUT2D eigenvalue weighted by Gasteiger charge is -2.08. The Balaban J connectivity index is 1.56. The van der Waals surface area contributed by atoms with Gasteiger partial charge in [-0.05, 0) is 54.6 Å². The molecular weight excluding hydrogens is 379 g/mol. The second-order valence-electron chi connectivity index (χ2n) is 6.05. The number of rotatable bonds is 4. The van der Waals surface area contributed by atoms with Gasteiger partial charge >= 0.3 is 0 Å². The van der Waals surface area contributed by atoms with Crippen LogP contribution in [0.25, 0.3) is 16.9 Å². The number of hydrogen-bond acceptors (Lipinski definition) is 3. The molecule has 3 aromatic carbocycles. The summed E-state index contributed by atoms with van der Waals surface area (Å²) in [4.78, 5) is 12.4. The van der Waals surface area contributed by atoms with Gasteiger partial charge in [-0.15, -0.1) is 5.10 Å². The van der Waals surface area contributed by atoms with Gasteiger partial charge in [-0.3, -0.25) is 4.79 Å². The van der Waals surface area contributed by atoms with Crippen molar-refractivity contribution in [3.8, 4) is 16.9 Å². The first-order valence-electron chi connectivity index (χ1n) is 8.44. The van der Waals surface area contributed by atoms with E-state index >= 15 is 0 Å². The Kier molecular flexibility index (Phi) is 4.87. The van der Waals surface area contributed by atoms with E-state index in [2.05, 4.69) is 15.6 Å². The monoisotopic (exact) mass is 392 g/mol. The lowest BCUT2D eigenvalue weighted by molar-refractivity contribution is 0.102. The second-order valence-corrected chi connectivity index (χ2v) is 6.49. The van der Waals surface area contributed by atoms with Gasteiger partial charge in [-0.25, -0.2) is 9.07 Å². The number of nitrogens with zero attached hydrogens (tertiary/aromatic N) is 3. The number of benzene rings is 3. The van der Waals surface area contributed by atoms with E-state index in [9.17, 15) is 9.18 Å². The number of nitrogens with one attached hydrogen (secondary N) is 1. The third-order valence-electron chi connectivity index (χ3n) is 4.15. The Bertz CT molecular complexity index is 1120. The van der Waals surface area contributed by atoms with Crippen molar-refractivity contribution < 1.29 is 9.18 Å². The second kappa shape index (κ2) is 7.62. The SMILES string of the molecule is O=C(Nc1cccc(F)c1)c1ccc(-n2nncc2-c2ccc(Cl)cc2)cc1. The number of hydrogen-bond donors (Lipinski definition) is 1. The first kappa shape index (κ1) is 17.9. The molecule has 0 aliphatic carbocycles. The summed E-state index contributed by atoms with van der Waals surface area (Å²) >= 11 is 5.95. The van der Waals surface area contributed by atoms with Gasteiger partial charge in [0.05, 0.1) is 17.6 Å². The van der Waals surface area contributed by atoms with Gasteiger partial charge in [0, 0.05) is 21.8 Å². The molecule has 28 heavy (non-hydrogen) atoms. The van der Waals surface area contributed by atoms with Gasteiger partial charge in [-0.2, -0.15) is 0 Å². The smallest absolute Gasteiger partial charge is 0.255 e. The third-order valence-corrected chi connectivity index (χ3v) is 4.40. The number of aromatic nitrogens is 3. The third kappa shape index (κ3) is 3.77. The number of amides is 1. The minimum absolute atomic E-state index is 0.325. The molecule has 5 nitrogen and oxygen atoms in total. The van der Waals surface area contributed by atoms with Gasteiger partial charge in [0.2, 0.25) is 0 Å². The fraction of sp³-hybridized carbons (Fsp3) is 0. The van der Waals surface area contributed by atoms with E-state index in [4.69, 9.17) is 11.6 Å². The molecule has 7 heteroatoms. The highest BCUT2D eigenvalue weighted by molar-refractivity contribution is 6.30. The molecule has 0 saturated heterocycles. The van der Waals surface area contributed by atoms with Crippen LogP contribution in [0.4, 0.5) is 10.1 Å². The fourth-order valence-electron chi connectivity index (χ4n) is 2.77. The lowest BCUT2D eigenvalue weighted by atomic mass is 10.1. The highest BCUT2D eigenvalue weighted by Gasteiger charge is 2.11. The van der Waals surface area contributed by atoms with Crippen molar-refractivity contribution in [2.45, 2.75) is 0 Å². The van der Waals surface area contributed by atoms with Crippen LogP contribution in [0.2, 0.25) is 5.02 Å². The Hall–Kier alpha value is -3.51. The molecule has 0 unspecified atom stereocenters. The summed E-state index contributed by atoms with van der Waals surface area (Å²) in [5.41, 5.74) is 3.32. The van der Waals surface area contributed by atoms with E-state index in [0.29, 0.717) is 16.3 Å². The first-order chi connectivity index (χ1) is 13.6. The molecule has 1 heterocycles. The summed E-state index contributed by atoms with van der Waals surface area (Å²) in [6.45, 7) is 0. The van der Waals surface area contributed by atoms with Crippen LogP contribution in [0, 0.1) is 5.82 Å². The molecule has 0 atom stereocenters. The maximum atomic E-state index is 13.3. The number of halogens is 2. The Morgan fingerprint density at radius 1 is 1.00 bits per heavy atom. The number of carbonyl (C=O) groups is 1.